The van der Waals surface area contributed by atoms with Gasteiger partial charge in [-0.05, 0) is 16.9 Å². The molecule has 0 amide bonds. The predicted molar refractivity (Wildman–Crippen MR) is 93.1 cm³/mol. The molecular weight excluding hydrogens is 248 g/mol. The average Bonchev–Trinajstić information content (AvgIpc) is 2.31. The largest absolute Gasteiger partial charge is 0.0741 e. The molecule has 0 aromatic carbocycles. The molecule has 0 saturated heterocycles. The van der Waals surface area contributed by atoms with E-state index in [0.29, 0.717) is 5.41 Å². The lowest BCUT2D eigenvalue weighted by atomic mass is 9.90. The Bertz CT molecular complexity index is 214. The van der Waals surface area contributed by atoms with Crippen molar-refractivity contribution in [3.63, 3.8) is 0 Å². The molecule has 0 aromatic rings. The Morgan fingerprint density at radius 1 is 0.833 bits per heavy atom. The molecule has 0 bridgehead atoms. The number of rotatable bonds is 8. The Labute approximate surface area is 120 Å². The molecule has 110 valence electrons. The molecule has 2 heteroatoms. The van der Waals surface area contributed by atoms with Gasteiger partial charge in [-0.3, -0.25) is 0 Å². The van der Waals surface area contributed by atoms with E-state index in [9.17, 15) is 0 Å². The highest BCUT2D eigenvalue weighted by Crippen LogP contribution is 2.38. The molecular formula is C16H38Si2. The lowest BCUT2D eigenvalue weighted by Gasteiger charge is -2.36. The first kappa shape index (κ1) is 18.4. The molecule has 18 heavy (non-hydrogen) atoms. The first-order valence-electron chi connectivity index (χ1n) is 8.16. The third kappa shape index (κ3) is 6.56. The van der Waals surface area contributed by atoms with Crippen LogP contribution in [-0.2, 0) is 0 Å². The average molecular weight is 287 g/mol. The maximum atomic E-state index is 2.67. The molecule has 0 spiro atoms. The summed E-state index contributed by atoms with van der Waals surface area (Å²) in [6.45, 7) is 19.8. The summed E-state index contributed by atoms with van der Waals surface area (Å²) in [4.78, 5) is 0. The fourth-order valence-corrected chi connectivity index (χ4v) is 14.8. The van der Waals surface area contributed by atoms with Crippen LogP contribution in [0.4, 0.5) is 0 Å². The zero-order valence-electron chi connectivity index (χ0n) is 14.4. The molecule has 2 atom stereocenters. The van der Waals surface area contributed by atoms with Crippen LogP contribution < -0.4 is 0 Å². The van der Waals surface area contributed by atoms with E-state index in [1.54, 1.807) is 6.04 Å². The van der Waals surface area contributed by atoms with Gasteiger partial charge in [-0.25, -0.2) is 0 Å². The first-order valence-corrected chi connectivity index (χ1v) is 14.5. The number of hydrogen-bond donors (Lipinski definition) is 0. The van der Waals surface area contributed by atoms with Crippen LogP contribution in [0.15, 0.2) is 0 Å². The summed E-state index contributed by atoms with van der Waals surface area (Å²) in [7, 11) is -0.875. The summed E-state index contributed by atoms with van der Waals surface area (Å²) < 4.78 is 0. The van der Waals surface area contributed by atoms with Gasteiger partial charge in [0.15, 0.2) is 0 Å². The minimum atomic E-state index is -0.472. The highest BCUT2D eigenvalue weighted by atomic mass is 29.2. The molecule has 0 aliphatic carbocycles. The second kappa shape index (κ2) is 7.89. The number of unbranched alkanes of at least 4 members (excludes halogenated alkanes) is 1. The van der Waals surface area contributed by atoms with E-state index >= 15 is 0 Å². The minimum absolute atomic E-state index is 0.403. The van der Waals surface area contributed by atoms with Crippen LogP contribution in [0.25, 0.3) is 0 Å². The van der Waals surface area contributed by atoms with Gasteiger partial charge in [-0.2, -0.15) is 0 Å². The first-order chi connectivity index (χ1) is 8.16. The molecule has 0 rings (SSSR count). The van der Waals surface area contributed by atoms with Gasteiger partial charge in [0.1, 0.15) is 0 Å². The van der Waals surface area contributed by atoms with Gasteiger partial charge in [0.2, 0.25) is 0 Å². The van der Waals surface area contributed by atoms with Crippen LogP contribution in [0.5, 0.6) is 0 Å². The van der Waals surface area contributed by atoms with Crippen molar-refractivity contribution in [1.82, 2.24) is 0 Å². The second-order valence-corrected chi connectivity index (χ2v) is 19.9. The van der Waals surface area contributed by atoms with Gasteiger partial charge in [-0.1, -0.05) is 86.4 Å². The van der Waals surface area contributed by atoms with Crippen molar-refractivity contribution < 1.29 is 0 Å². The fourth-order valence-electron chi connectivity index (χ4n) is 2.95. The van der Waals surface area contributed by atoms with Crippen LogP contribution >= 0.6 is 0 Å². The normalized spacial score (nSPS) is 16.7. The molecule has 0 radical (unpaired) electrons. The van der Waals surface area contributed by atoms with Crippen molar-refractivity contribution in [2.75, 3.05) is 0 Å². The Hall–Kier alpha value is 0.434. The van der Waals surface area contributed by atoms with Crippen LogP contribution in [0, 0.1) is 5.41 Å². The third-order valence-corrected chi connectivity index (χ3v) is 20.0. The molecule has 2 unspecified atom stereocenters. The molecule has 0 heterocycles. The van der Waals surface area contributed by atoms with Crippen LogP contribution in [0.3, 0.4) is 0 Å². The number of hydrogen-bond acceptors (Lipinski definition) is 0. The Morgan fingerprint density at radius 2 is 1.33 bits per heavy atom. The smallest absolute Gasteiger partial charge is 0.0313 e. The lowest BCUT2D eigenvalue weighted by molar-refractivity contribution is 0.363. The van der Waals surface area contributed by atoms with E-state index in [1.807, 2.05) is 0 Å². The predicted octanol–water partition coefficient (Wildman–Crippen LogP) is 5.58. The summed E-state index contributed by atoms with van der Waals surface area (Å²) in [5, 5.41) is 0.746. The van der Waals surface area contributed by atoms with Crippen molar-refractivity contribution in [1.29, 1.82) is 0 Å². The molecule has 0 aliphatic rings. The third-order valence-electron chi connectivity index (χ3n) is 5.40. The van der Waals surface area contributed by atoms with Crippen LogP contribution in [-0.4, -0.2) is 16.6 Å². The molecule has 0 N–H and O–H groups in total. The van der Waals surface area contributed by atoms with E-state index in [2.05, 4.69) is 54.6 Å². The van der Waals surface area contributed by atoms with Crippen molar-refractivity contribution in [3.8, 4) is 0 Å². The molecule has 0 aromatic heterocycles. The fraction of sp³-hybridized carbons (Fsp3) is 1.00. The lowest BCUT2D eigenvalue weighted by Crippen LogP contribution is -2.40. The van der Waals surface area contributed by atoms with Gasteiger partial charge in [-0.15, -0.1) is 0 Å². The Morgan fingerprint density at radius 3 is 1.72 bits per heavy atom. The van der Waals surface area contributed by atoms with Gasteiger partial charge in [0.25, 0.3) is 0 Å². The topological polar surface area (TPSA) is 0 Å². The Balaban J connectivity index is 4.06. The summed E-state index contributed by atoms with van der Waals surface area (Å²) in [6, 6.07) is 1.61. The van der Waals surface area contributed by atoms with Gasteiger partial charge in [0.05, 0.1) is 0 Å². The van der Waals surface area contributed by atoms with Crippen molar-refractivity contribution in [2.24, 2.45) is 5.41 Å². The van der Waals surface area contributed by atoms with Gasteiger partial charge < -0.3 is 0 Å². The molecule has 0 fully saturated rings. The SMILES string of the molecule is CCC(C)(CC)[SiH](C)[SiH](C)CCCCC(C)(C)C. The molecule has 0 saturated carbocycles. The minimum Gasteiger partial charge on any atom is -0.0741 e. The summed E-state index contributed by atoms with van der Waals surface area (Å²) in [6.07, 6.45) is 7.19. The highest BCUT2D eigenvalue weighted by molar-refractivity contribution is 7.22. The zero-order valence-corrected chi connectivity index (χ0v) is 16.7. The maximum Gasteiger partial charge on any atom is 0.0313 e. The van der Waals surface area contributed by atoms with E-state index in [-0.39, 0.29) is 0 Å². The van der Waals surface area contributed by atoms with Crippen molar-refractivity contribution in [3.05, 3.63) is 0 Å². The van der Waals surface area contributed by atoms with E-state index < -0.39 is 16.6 Å². The molecule has 0 nitrogen and oxygen atoms in total. The van der Waals surface area contributed by atoms with Gasteiger partial charge in [0, 0.05) is 16.6 Å². The van der Waals surface area contributed by atoms with Crippen LogP contribution in [0.2, 0.25) is 24.2 Å². The Kier molecular flexibility index (Phi) is 8.08. The quantitative estimate of drug-likeness (QED) is 0.404. The van der Waals surface area contributed by atoms with Crippen molar-refractivity contribution >= 4 is 16.6 Å². The maximum absolute atomic E-state index is 2.67. The van der Waals surface area contributed by atoms with Crippen molar-refractivity contribution in [2.45, 2.75) is 97.8 Å². The van der Waals surface area contributed by atoms with Crippen LogP contribution in [0.1, 0.15) is 73.6 Å². The summed E-state index contributed by atoms with van der Waals surface area (Å²) >= 11 is 0. The van der Waals surface area contributed by atoms with E-state index in [4.69, 9.17) is 0 Å². The highest BCUT2D eigenvalue weighted by Gasteiger charge is 2.32. The summed E-state index contributed by atoms with van der Waals surface area (Å²) in [5.74, 6) is 0. The summed E-state index contributed by atoms with van der Waals surface area (Å²) in [5.41, 5.74) is 0.537. The standard InChI is InChI=1S/C16H38Si2/c1-9-16(6,10-2)18(8)17(7)14-12-11-13-15(3,4)5/h17-18H,9-14H2,1-8H3. The molecule has 0 aliphatic heterocycles. The monoisotopic (exact) mass is 286 g/mol. The van der Waals surface area contributed by atoms with E-state index in [1.165, 1.54) is 32.1 Å². The van der Waals surface area contributed by atoms with E-state index in [0.717, 1.165) is 5.04 Å². The second-order valence-electron chi connectivity index (χ2n) is 7.93. The van der Waals surface area contributed by atoms with Gasteiger partial charge >= 0.3 is 0 Å². The zero-order chi connectivity index (χ0) is 14.4.